The number of aliphatic hydroxyl groups is 3. The molecule has 0 spiro atoms. The molecule has 2 aromatic rings. The molecule has 0 bridgehead atoms. The Bertz CT molecular complexity index is 742. The number of hydrogen-bond donors (Lipinski definition) is 5. The molecular weight excluding hydrogens is 384 g/mol. The van der Waals surface area contributed by atoms with Crippen LogP contribution in [0.5, 0.6) is 0 Å². The van der Waals surface area contributed by atoms with Gasteiger partial charge in [-0.15, -0.1) is 0 Å². The summed E-state index contributed by atoms with van der Waals surface area (Å²) in [5, 5.41) is 32.0. The Hall–Kier alpha value is -1.83. The van der Waals surface area contributed by atoms with Gasteiger partial charge in [0.05, 0.1) is 24.9 Å². The molecule has 5 nitrogen and oxygen atoms in total. The normalized spacial score (nSPS) is 12.8. The zero-order valence-corrected chi connectivity index (χ0v) is 18.5. The molecule has 0 saturated heterocycles. The number of rotatable bonds is 9. The van der Waals surface area contributed by atoms with Crippen LogP contribution in [0.1, 0.15) is 44.4 Å². The van der Waals surface area contributed by atoms with E-state index in [1.165, 1.54) is 0 Å². The van der Waals surface area contributed by atoms with Crippen molar-refractivity contribution in [1.82, 2.24) is 5.32 Å². The lowest BCUT2D eigenvalue weighted by molar-refractivity contribution is 0.0618. The highest BCUT2D eigenvalue weighted by Crippen LogP contribution is 2.30. The van der Waals surface area contributed by atoms with Crippen LogP contribution >= 0.6 is 11.8 Å². The zero-order valence-electron chi connectivity index (χ0n) is 17.7. The van der Waals surface area contributed by atoms with Crippen LogP contribution in [0.15, 0.2) is 64.4 Å². The molecule has 29 heavy (non-hydrogen) atoms. The van der Waals surface area contributed by atoms with Crippen LogP contribution in [0.25, 0.3) is 5.70 Å². The molecule has 1 atom stereocenters. The highest BCUT2D eigenvalue weighted by molar-refractivity contribution is 7.99. The molecule has 2 aromatic carbocycles. The summed E-state index contributed by atoms with van der Waals surface area (Å²) in [7, 11) is 1.91. The summed E-state index contributed by atoms with van der Waals surface area (Å²) in [4.78, 5) is 2.18. The van der Waals surface area contributed by atoms with Gasteiger partial charge in [0.2, 0.25) is 0 Å². The lowest BCUT2D eigenvalue weighted by Crippen LogP contribution is -2.48. The van der Waals surface area contributed by atoms with Crippen LogP contribution in [0.3, 0.4) is 0 Å². The van der Waals surface area contributed by atoms with Crippen molar-refractivity contribution in [2.75, 3.05) is 20.3 Å². The van der Waals surface area contributed by atoms with Gasteiger partial charge in [-0.3, -0.25) is 0 Å². The lowest BCUT2D eigenvalue weighted by Gasteiger charge is -2.27. The number of nitrogens with one attached hydrogen (secondary N) is 1. The molecule has 0 aliphatic heterocycles. The molecule has 0 saturated carbocycles. The SMILES string of the molecule is C/C=C(\NC)c1ccc(Sc2ccc(C(O)CC(N)(CO)CO)cc2)cc1.CC. The van der Waals surface area contributed by atoms with Crippen molar-refractivity contribution < 1.29 is 15.3 Å². The minimum Gasteiger partial charge on any atom is -0.394 e. The van der Waals surface area contributed by atoms with Crippen molar-refractivity contribution >= 4 is 17.5 Å². The Labute approximate surface area is 178 Å². The molecule has 6 N–H and O–H groups in total. The maximum Gasteiger partial charge on any atom is 0.0809 e. The third-order valence-electron chi connectivity index (χ3n) is 4.45. The van der Waals surface area contributed by atoms with Crippen molar-refractivity contribution in [3.63, 3.8) is 0 Å². The van der Waals surface area contributed by atoms with E-state index in [1.807, 2.05) is 58.2 Å². The van der Waals surface area contributed by atoms with Crippen LogP contribution in [-0.2, 0) is 0 Å². The Morgan fingerprint density at radius 2 is 1.52 bits per heavy atom. The largest absolute Gasteiger partial charge is 0.394 e. The molecule has 0 heterocycles. The summed E-state index contributed by atoms with van der Waals surface area (Å²) >= 11 is 1.64. The molecule has 1 unspecified atom stereocenters. The van der Waals surface area contributed by atoms with E-state index in [4.69, 9.17) is 5.73 Å². The first kappa shape index (κ1) is 25.2. The molecule has 160 valence electrons. The predicted octanol–water partition coefficient (Wildman–Crippen LogP) is 3.55. The highest BCUT2D eigenvalue weighted by Gasteiger charge is 2.27. The Morgan fingerprint density at radius 3 is 1.93 bits per heavy atom. The smallest absolute Gasteiger partial charge is 0.0809 e. The third kappa shape index (κ3) is 7.49. The van der Waals surface area contributed by atoms with Gasteiger partial charge >= 0.3 is 0 Å². The third-order valence-corrected chi connectivity index (χ3v) is 5.47. The van der Waals surface area contributed by atoms with Gasteiger partial charge in [-0.1, -0.05) is 56.0 Å². The van der Waals surface area contributed by atoms with Gasteiger partial charge in [0.1, 0.15) is 0 Å². The van der Waals surface area contributed by atoms with Crippen molar-refractivity contribution in [3.8, 4) is 0 Å². The minimum absolute atomic E-state index is 0.0900. The minimum atomic E-state index is -1.19. The van der Waals surface area contributed by atoms with Gasteiger partial charge in [-0.25, -0.2) is 0 Å². The van der Waals surface area contributed by atoms with E-state index in [2.05, 4.69) is 29.6 Å². The van der Waals surface area contributed by atoms with Crippen molar-refractivity contribution in [1.29, 1.82) is 0 Å². The van der Waals surface area contributed by atoms with Crippen molar-refractivity contribution in [2.45, 2.75) is 48.6 Å². The maximum atomic E-state index is 10.3. The molecule has 0 aliphatic carbocycles. The second kappa shape index (κ2) is 12.7. The summed E-state index contributed by atoms with van der Waals surface area (Å²) in [5.74, 6) is 0. The fraction of sp³-hybridized carbons (Fsp3) is 0.391. The zero-order chi connectivity index (χ0) is 21.9. The summed E-state index contributed by atoms with van der Waals surface area (Å²) in [6.45, 7) is 5.24. The standard InChI is InChI=1S/C21H28N2O3S.C2H6/c1-3-19(23-2)15-4-8-17(9-5-15)27-18-10-6-16(7-11-18)20(26)12-21(22,13-24)14-25;1-2/h3-11,20,23-26H,12-14,22H2,1-2H3;1-2H3/b19-3-;. The number of aliphatic hydroxyl groups excluding tert-OH is 3. The van der Waals surface area contributed by atoms with Gasteiger partial charge in [0.15, 0.2) is 0 Å². The Kier molecular flexibility index (Phi) is 11.0. The topological polar surface area (TPSA) is 98.7 Å². The first-order valence-electron chi connectivity index (χ1n) is 9.85. The van der Waals surface area contributed by atoms with Crippen LogP contribution in [-0.4, -0.2) is 41.1 Å². The van der Waals surface area contributed by atoms with E-state index in [0.717, 1.165) is 21.1 Å². The molecule has 0 aromatic heterocycles. The summed E-state index contributed by atoms with van der Waals surface area (Å²) in [6, 6.07) is 15.9. The van der Waals surface area contributed by atoms with Crippen molar-refractivity contribution in [2.24, 2.45) is 5.73 Å². The Morgan fingerprint density at radius 1 is 1.03 bits per heavy atom. The van der Waals surface area contributed by atoms with Crippen LogP contribution in [0, 0.1) is 0 Å². The average Bonchev–Trinajstić information content (AvgIpc) is 2.77. The quantitative estimate of drug-likeness (QED) is 0.427. The van der Waals surface area contributed by atoms with Gasteiger partial charge in [0, 0.05) is 22.5 Å². The number of hydrogen-bond acceptors (Lipinski definition) is 6. The van der Waals surface area contributed by atoms with Gasteiger partial charge < -0.3 is 26.4 Å². The molecule has 2 rings (SSSR count). The fourth-order valence-corrected chi connectivity index (χ4v) is 3.55. The van der Waals surface area contributed by atoms with Crippen LogP contribution in [0.4, 0.5) is 0 Å². The van der Waals surface area contributed by atoms with E-state index in [0.29, 0.717) is 5.56 Å². The summed E-state index contributed by atoms with van der Waals surface area (Å²) in [5.41, 5.74) is 7.60. The van der Waals surface area contributed by atoms with Crippen LogP contribution < -0.4 is 11.1 Å². The van der Waals surface area contributed by atoms with Crippen LogP contribution in [0.2, 0.25) is 0 Å². The second-order valence-electron chi connectivity index (χ2n) is 6.55. The Balaban J connectivity index is 0.00000204. The average molecular weight is 419 g/mol. The van der Waals surface area contributed by atoms with Gasteiger partial charge in [0.25, 0.3) is 0 Å². The van der Waals surface area contributed by atoms with E-state index in [1.54, 1.807) is 11.8 Å². The van der Waals surface area contributed by atoms with E-state index < -0.39 is 11.6 Å². The molecule has 0 fully saturated rings. The van der Waals surface area contributed by atoms with Crippen molar-refractivity contribution in [3.05, 3.63) is 65.7 Å². The summed E-state index contributed by atoms with van der Waals surface area (Å²) in [6.07, 6.45) is 1.29. The fourth-order valence-electron chi connectivity index (χ4n) is 2.73. The second-order valence-corrected chi connectivity index (χ2v) is 7.69. The maximum absolute atomic E-state index is 10.3. The molecule has 6 heteroatoms. The predicted molar refractivity (Wildman–Crippen MR) is 122 cm³/mol. The first-order chi connectivity index (χ1) is 13.9. The molecule has 0 aliphatic rings. The molecule has 0 radical (unpaired) electrons. The summed E-state index contributed by atoms with van der Waals surface area (Å²) < 4.78 is 0. The van der Waals surface area contributed by atoms with E-state index in [-0.39, 0.29) is 19.6 Å². The van der Waals surface area contributed by atoms with E-state index >= 15 is 0 Å². The monoisotopic (exact) mass is 418 g/mol. The number of benzene rings is 2. The van der Waals surface area contributed by atoms with Gasteiger partial charge in [-0.2, -0.15) is 0 Å². The first-order valence-corrected chi connectivity index (χ1v) is 10.7. The molecular formula is C23H34N2O3S. The lowest BCUT2D eigenvalue weighted by atomic mass is 9.92. The number of nitrogens with two attached hydrogens (primary N) is 1. The van der Waals surface area contributed by atoms with E-state index in [9.17, 15) is 15.3 Å². The number of allylic oxidation sites excluding steroid dienone is 1. The van der Waals surface area contributed by atoms with Gasteiger partial charge in [-0.05, 0) is 48.7 Å². The molecule has 0 amide bonds. The highest BCUT2D eigenvalue weighted by atomic mass is 32.2.